The van der Waals surface area contributed by atoms with Crippen LogP contribution in [-0.2, 0) is 4.74 Å². The Hall–Kier alpha value is -3.69. The molecule has 0 aromatic heterocycles. The molecule has 0 bridgehead atoms. The normalized spacial score (nSPS) is 15.2. The molecule has 3 aromatic rings. The Bertz CT molecular complexity index is 1220. The maximum absolute atomic E-state index is 13.5. The number of carbonyl (C=O) groups is 1. The number of nitrogens with zero attached hydrogens (tertiary/aromatic N) is 3. The molecule has 0 amide bonds. The van der Waals surface area contributed by atoms with Crippen molar-refractivity contribution in [2.75, 3.05) is 11.6 Å². The fourth-order valence-electron chi connectivity index (χ4n) is 3.62. The van der Waals surface area contributed by atoms with Crippen molar-refractivity contribution in [1.82, 2.24) is 0 Å². The lowest BCUT2D eigenvalue weighted by Gasteiger charge is -2.24. The topological polar surface area (TPSA) is 65.7 Å². The van der Waals surface area contributed by atoms with E-state index >= 15 is 0 Å². The Morgan fingerprint density at radius 2 is 1.91 bits per heavy atom. The summed E-state index contributed by atoms with van der Waals surface area (Å²) in [7, 11) is 0. The van der Waals surface area contributed by atoms with Crippen molar-refractivity contribution in [1.29, 1.82) is 5.26 Å². The maximum Gasteiger partial charge on any atom is 0.338 e. The molecule has 0 saturated carbocycles. The van der Waals surface area contributed by atoms with Gasteiger partial charge in [-0.1, -0.05) is 35.9 Å². The first-order valence-electron chi connectivity index (χ1n) is 10.1. The molecule has 0 saturated heterocycles. The van der Waals surface area contributed by atoms with E-state index in [1.54, 1.807) is 49.4 Å². The van der Waals surface area contributed by atoms with Gasteiger partial charge in [-0.15, -0.1) is 0 Å². The quantitative estimate of drug-likeness (QED) is 0.458. The number of hydrazone groups is 1. The highest BCUT2D eigenvalue weighted by Gasteiger charge is 2.30. The Morgan fingerprint density at radius 3 is 2.53 bits per heavy atom. The minimum atomic E-state index is -0.370. The summed E-state index contributed by atoms with van der Waals surface area (Å²) in [5.74, 6) is -0.680. The number of carbonyl (C=O) groups excluding carboxylic acids is 1. The van der Waals surface area contributed by atoms with Gasteiger partial charge < -0.3 is 4.74 Å². The first kappa shape index (κ1) is 21.5. The molecule has 5 nitrogen and oxygen atoms in total. The number of ether oxygens (including phenoxy) is 1. The van der Waals surface area contributed by atoms with Crippen LogP contribution in [0.1, 0.15) is 46.4 Å². The molecule has 1 atom stereocenters. The zero-order valence-corrected chi connectivity index (χ0v) is 18.0. The molecule has 4 rings (SSSR count). The van der Waals surface area contributed by atoms with Gasteiger partial charge in [0.1, 0.15) is 11.9 Å². The van der Waals surface area contributed by atoms with Crippen molar-refractivity contribution in [3.63, 3.8) is 0 Å². The van der Waals surface area contributed by atoms with Crippen LogP contribution >= 0.6 is 11.6 Å². The van der Waals surface area contributed by atoms with Crippen molar-refractivity contribution in [2.24, 2.45) is 5.10 Å². The van der Waals surface area contributed by atoms with Crippen LogP contribution in [-0.4, -0.2) is 18.3 Å². The van der Waals surface area contributed by atoms with Gasteiger partial charge in [0, 0.05) is 6.42 Å². The van der Waals surface area contributed by atoms with Crippen LogP contribution in [0, 0.1) is 17.1 Å². The van der Waals surface area contributed by atoms with E-state index in [1.165, 1.54) is 12.1 Å². The Labute approximate surface area is 190 Å². The molecule has 0 radical (unpaired) electrons. The summed E-state index contributed by atoms with van der Waals surface area (Å²) in [5, 5.41) is 16.2. The van der Waals surface area contributed by atoms with Gasteiger partial charge in [0.2, 0.25) is 0 Å². The average Bonchev–Trinajstić information content (AvgIpc) is 3.25. The van der Waals surface area contributed by atoms with Gasteiger partial charge in [-0.25, -0.2) is 9.18 Å². The summed E-state index contributed by atoms with van der Waals surface area (Å²) in [6, 6.07) is 20.4. The molecule has 1 unspecified atom stereocenters. The SMILES string of the molecule is CCOC(=O)c1ccc(C2=NN(c3ccc(C#N)c(Cl)c3)C(c3ccc(F)cc3)C2)cc1. The van der Waals surface area contributed by atoms with Gasteiger partial charge in [-0.2, -0.15) is 10.4 Å². The number of esters is 1. The molecule has 32 heavy (non-hydrogen) atoms. The summed E-state index contributed by atoms with van der Waals surface area (Å²) in [5.41, 5.74) is 4.16. The van der Waals surface area contributed by atoms with E-state index in [-0.39, 0.29) is 17.8 Å². The fraction of sp³-hybridized carbons (Fsp3) is 0.160. The molecule has 3 aromatic carbocycles. The van der Waals surface area contributed by atoms with E-state index in [9.17, 15) is 14.4 Å². The van der Waals surface area contributed by atoms with E-state index in [0.29, 0.717) is 29.2 Å². The number of anilines is 1. The van der Waals surface area contributed by atoms with E-state index in [0.717, 1.165) is 22.5 Å². The van der Waals surface area contributed by atoms with E-state index < -0.39 is 0 Å². The van der Waals surface area contributed by atoms with Crippen LogP contribution in [0.3, 0.4) is 0 Å². The predicted octanol–water partition coefficient (Wildman–Crippen LogP) is 5.88. The molecule has 0 aliphatic carbocycles. The zero-order chi connectivity index (χ0) is 22.7. The van der Waals surface area contributed by atoms with Crippen LogP contribution in [0.15, 0.2) is 71.8 Å². The first-order valence-corrected chi connectivity index (χ1v) is 10.5. The fourth-order valence-corrected chi connectivity index (χ4v) is 3.83. The number of halogens is 2. The smallest absolute Gasteiger partial charge is 0.338 e. The zero-order valence-electron chi connectivity index (χ0n) is 17.3. The number of rotatable bonds is 5. The highest BCUT2D eigenvalue weighted by molar-refractivity contribution is 6.32. The van der Waals surface area contributed by atoms with Crippen molar-refractivity contribution in [2.45, 2.75) is 19.4 Å². The third-order valence-corrected chi connectivity index (χ3v) is 5.54. The monoisotopic (exact) mass is 447 g/mol. The molecular formula is C25H19ClFN3O2. The molecule has 0 spiro atoms. The van der Waals surface area contributed by atoms with E-state index in [4.69, 9.17) is 21.4 Å². The van der Waals surface area contributed by atoms with Gasteiger partial charge in [0.25, 0.3) is 0 Å². The number of hydrogen-bond donors (Lipinski definition) is 0. The summed E-state index contributed by atoms with van der Waals surface area (Å²) < 4.78 is 18.5. The third kappa shape index (κ3) is 4.34. The maximum atomic E-state index is 13.5. The standard InChI is InChI=1S/C25H19ClFN3O2/c1-2-32-25(31)18-5-3-16(4-6-18)23-14-24(17-7-10-20(27)11-8-17)30(29-23)21-12-9-19(15-28)22(26)13-21/h3-13,24H,2,14H2,1H3. The predicted molar refractivity (Wildman–Crippen MR) is 121 cm³/mol. The first-order chi connectivity index (χ1) is 15.5. The molecular weight excluding hydrogens is 429 g/mol. The van der Waals surface area contributed by atoms with Crippen molar-refractivity contribution >= 4 is 29.0 Å². The van der Waals surface area contributed by atoms with Gasteiger partial charge in [-0.3, -0.25) is 5.01 Å². The van der Waals surface area contributed by atoms with E-state index in [2.05, 4.69) is 6.07 Å². The molecule has 160 valence electrons. The third-order valence-electron chi connectivity index (χ3n) is 5.23. The van der Waals surface area contributed by atoms with Crippen molar-refractivity contribution in [3.8, 4) is 6.07 Å². The summed E-state index contributed by atoms with van der Waals surface area (Å²) in [6.07, 6.45) is 0.571. The summed E-state index contributed by atoms with van der Waals surface area (Å²) in [6.45, 7) is 2.08. The number of nitriles is 1. The molecule has 1 aliphatic rings. The molecule has 0 N–H and O–H groups in total. The number of hydrogen-bond acceptors (Lipinski definition) is 5. The van der Waals surface area contributed by atoms with E-state index in [1.807, 2.05) is 17.1 Å². The average molecular weight is 448 g/mol. The van der Waals surface area contributed by atoms with Crippen LogP contribution in [0.4, 0.5) is 10.1 Å². The Kier molecular flexibility index (Phi) is 6.20. The lowest BCUT2D eigenvalue weighted by Crippen LogP contribution is -2.18. The minimum Gasteiger partial charge on any atom is -0.462 e. The largest absolute Gasteiger partial charge is 0.462 e. The van der Waals surface area contributed by atoms with Gasteiger partial charge >= 0.3 is 5.97 Å². The second-order valence-corrected chi connectivity index (χ2v) is 7.64. The Balaban J connectivity index is 1.70. The molecule has 1 heterocycles. The molecule has 1 aliphatic heterocycles. The van der Waals surface area contributed by atoms with Crippen LogP contribution < -0.4 is 5.01 Å². The minimum absolute atomic E-state index is 0.181. The van der Waals surface area contributed by atoms with Crippen LogP contribution in [0.2, 0.25) is 5.02 Å². The molecule has 7 heteroatoms. The highest BCUT2D eigenvalue weighted by Crippen LogP contribution is 2.38. The lowest BCUT2D eigenvalue weighted by molar-refractivity contribution is 0.0526. The van der Waals surface area contributed by atoms with Gasteiger partial charge in [0.15, 0.2) is 0 Å². The molecule has 0 fully saturated rings. The summed E-state index contributed by atoms with van der Waals surface area (Å²) in [4.78, 5) is 11.9. The second kappa shape index (κ2) is 9.21. The van der Waals surface area contributed by atoms with Crippen LogP contribution in [0.5, 0.6) is 0 Å². The van der Waals surface area contributed by atoms with Gasteiger partial charge in [0.05, 0.1) is 40.2 Å². The highest BCUT2D eigenvalue weighted by atomic mass is 35.5. The Morgan fingerprint density at radius 1 is 1.19 bits per heavy atom. The summed E-state index contributed by atoms with van der Waals surface area (Å²) >= 11 is 6.26. The van der Waals surface area contributed by atoms with Gasteiger partial charge in [-0.05, 0) is 60.5 Å². The lowest BCUT2D eigenvalue weighted by atomic mass is 9.97. The number of benzene rings is 3. The second-order valence-electron chi connectivity index (χ2n) is 7.24. The van der Waals surface area contributed by atoms with Crippen molar-refractivity contribution in [3.05, 3.63) is 99.8 Å². The van der Waals surface area contributed by atoms with Crippen molar-refractivity contribution < 1.29 is 13.9 Å². The van der Waals surface area contributed by atoms with Crippen LogP contribution in [0.25, 0.3) is 0 Å².